The molecule has 3 aromatic rings. The van der Waals surface area contributed by atoms with Gasteiger partial charge in [0, 0.05) is 25.7 Å². The minimum atomic E-state index is -1.19. The molecule has 3 atom stereocenters. The lowest BCUT2D eigenvalue weighted by atomic mass is 9.97. The Balaban J connectivity index is 1.27. The first-order valence-corrected chi connectivity index (χ1v) is 13.9. The number of aromatic amines is 1. The van der Waals surface area contributed by atoms with E-state index in [0.717, 1.165) is 24.3 Å². The van der Waals surface area contributed by atoms with Crippen LogP contribution in [0.15, 0.2) is 53.5 Å². The van der Waals surface area contributed by atoms with Gasteiger partial charge < -0.3 is 20.4 Å². The van der Waals surface area contributed by atoms with Gasteiger partial charge in [0.15, 0.2) is 5.82 Å². The van der Waals surface area contributed by atoms with Gasteiger partial charge in [-0.25, -0.2) is 4.99 Å². The fraction of sp³-hybridized carbons (Fsp3) is 0.321. The Morgan fingerprint density at radius 3 is 2.45 bits per heavy atom. The minimum absolute atomic E-state index is 0.0403. The summed E-state index contributed by atoms with van der Waals surface area (Å²) >= 11 is 12.5. The standard InChI is InChI=1S/C28H27Cl2N7O3/c1-36-20-9-5-3-7-18(20)25(37-13-15-10-11-16(12-15)14-37)31-24(28(36)40)33-27(39)22-21(30)23(35-34-22)32-26(38)17-6-2-4-8-19(17)29/h2-9,15-16,24H,10-14H2,1H3,(H,33,39)(H2,32,34,35,38). The van der Waals surface area contributed by atoms with E-state index in [9.17, 15) is 14.4 Å². The number of aliphatic imine (C=N–C) groups is 1. The first kappa shape index (κ1) is 26.3. The van der Waals surface area contributed by atoms with Crippen molar-refractivity contribution in [3.05, 3.63) is 75.4 Å². The van der Waals surface area contributed by atoms with E-state index in [1.165, 1.54) is 24.2 Å². The largest absolute Gasteiger partial charge is 0.356 e. The van der Waals surface area contributed by atoms with Crippen molar-refractivity contribution in [3.8, 4) is 0 Å². The van der Waals surface area contributed by atoms with Crippen molar-refractivity contribution in [1.82, 2.24) is 20.4 Å². The Bertz CT molecular complexity index is 1530. The fourth-order valence-electron chi connectivity index (χ4n) is 5.81. The minimum Gasteiger partial charge on any atom is -0.356 e. The number of nitrogens with zero attached hydrogens (tertiary/aromatic N) is 4. The molecule has 3 aliphatic rings. The summed E-state index contributed by atoms with van der Waals surface area (Å²) in [5.74, 6) is 0.242. The molecule has 3 N–H and O–H groups in total. The van der Waals surface area contributed by atoms with Crippen molar-refractivity contribution < 1.29 is 14.4 Å². The number of halogens is 2. The lowest BCUT2D eigenvalue weighted by molar-refractivity contribution is -0.119. The van der Waals surface area contributed by atoms with Crippen LogP contribution in [0.2, 0.25) is 10.0 Å². The molecule has 0 radical (unpaired) electrons. The van der Waals surface area contributed by atoms with Crippen molar-refractivity contribution >= 4 is 58.3 Å². The maximum absolute atomic E-state index is 13.5. The molecular weight excluding hydrogens is 553 g/mol. The van der Waals surface area contributed by atoms with Gasteiger partial charge in [0.2, 0.25) is 6.17 Å². The number of benzodiazepines with no additional fused rings is 1. The van der Waals surface area contributed by atoms with E-state index in [2.05, 4.69) is 25.7 Å². The van der Waals surface area contributed by atoms with Crippen LogP contribution in [0.5, 0.6) is 0 Å². The van der Waals surface area contributed by atoms with Gasteiger partial charge in [0.25, 0.3) is 17.7 Å². The Kier molecular flexibility index (Phi) is 6.97. The summed E-state index contributed by atoms with van der Waals surface area (Å²) in [5, 5.41) is 12.0. The van der Waals surface area contributed by atoms with Gasteiger partial charge in [-0.2, -0.15) is 5.10 Å². The maximum Gasteiger partial charge on any atom is 0.272 e. The summed E-state index contributed by atoms with van der Waals surface area (Å²) in [6.07, 6.45) is 2.42. The molecule has 6 rings (SSSR count). The van der Waals surface area contributed by atoms with Gasteiger partial charge >= 0.3 is 0 Å². The number of fused-ring (bicyclic) bond motifs is 3. The van der Waals surface area contributed by atoms with Crippen LogP contribution in [0.4, 0.5) is 11.5 Å². The number of rotatable bonds is 4. The normalized spacial score (nSPS) is 21.9. The number of para-hydroxylation sites is 1. The van der Waals surface area contributed by atoms with E-state index < -0.39 is 23.9 Å². The number of carbonyl (C=O) groups excluding carboxylic acids is 3. The molecule has 0 spiro atoms. The van der Waals surface area contributed by atoms with E-state index in [1.54, 1.807) is 31.3 Å². The molecule has 1 saturated carbocycles. The summed E-state index contributed by atoms with van der Waals surface area (Å²) in [6, 6.07) is 14.2. The predicted molar refractivity (Wildman–Crippen MR) is 153 cm³/mol. The molecule has 1 aromatic heterocycles. The quantitative estimate of drug-likeness (QED) is 0.428. The number of aromatic nitrogens is 2. The molecule has 2 bridgehead atoms. The number of carbonyl (C=O) groups is 3. The molecule has 12 heteroatoms. The molecular formula is C28H27Cl2N7O3. The molecule has 2 aliphatic heterocycles. The van der Waals surface area contributed by atoms with Crippen LogP contribution >= 0.6 is 23.2 Å². The van der Waals surface area contributed by atoms with Crippen molar-refractivity contribution in [1.29, 1.82) is 0 Å². The number of piperidine rings is 1. The number of amidine groups is 1. The molecule has 206 valence electrons. The highest BCUT2D eigenvalue weighted by Crippen LogP contribution is 2.38. The van der Waals surface area contributed by atoms with E-state index in [1.807, 2.05) is 24.3 Å². The van der Waals surface area contributed by atoms with E-state index in [0.29, 0.717) is 17.7 Å². The number of benzene rings is 2. The third-order valence-corrected chi connectivity index (χ3v) is 8.48. The number of hydrogen-bond acceptors (Lipinski definition) is 6. The van der Waals surface area contributed by atoms with Crippen LogP contribution in [0.1, 0.15) is 45.7 Å². The number of hydrogen-bond donors (Lipinski definition) is 3. The average Bonchev–Trinajstić information content (AvgIpc) is 3.47. The zero-order valence-corrected chi connectivity index (χ0v) is 23.2. The second-order valence-corrected chi connectivity index (χ2v) is 11.2. The first-order chi connectivity index (χ1) is 19.3. The van der Waals surface area contributed by atoms with E-state index >= 15 is 0 Å². The summed E-state index contributed by atoms with van der Waals surface area (Å²) in [7, 11) is 1.67. The smallest absolute Gasteiger partial charge is 0.272 e. The molecule has 2 fully saturated rings. The number of nitrogens with one attached hydrogen (secondary N) is 3. The Morgan fingerprint density at radius 1 is 1.00 bits per heavy atom. The summed E-state index contributed by atoms with van der Waals surface area (Å²) < 4.78 is 0. The van der Waals surface area contributed by atoms with Gasteiger partial charge in [-0.1, -0.05) is 47.5 Å². The van der Waals surface area contributed by atoms with Gasteiger partial charge in [-0.15, -0.1) is 0 Å². The Morgan fingerprint density at radius 2 is 1.70 bits per heavy atom. The van der Waals surface area contributed by atoms with Gasteiger partial charge in [-0.05, 0) is 55.4 Å². The highest BCUT2D eigenvalue weighted by atomic mass is 35.5. The molecule has 2 aromatic carbocycles. The monoisotopic (exact) mass is 579 g/mol. The van der Waals surface area contributed by atoms with E-state index in [4.69, 9.17) is 28.2 Å². The van der Waals surface area contributed by atoms with Crippen LogP contribution < -0.4 is 15.5 Å². The summed E-state index contributed by atoms with van der Waals surface area (Å²) in [5.41, 5.74) is 1.70. The predicted octanol–water partition coefficient (Wildman–Crippen LogP) is 4.18. The molecule has 3 heterocycles. The van der Waals surface area contributed by atoms with Gasteiger partial charge in [0.05, 0.1) is 16.3 Å². The van der Waals surface area contributed by atoms with Crippen LogP contribution in [-0.2, 0) is 4.79 Å². The Hall–Kier alpha value is -3.89. The van der Waals surface area contributed by atoms with Crippen molar-refractivity contribution in [2.24, 2.45) is 16.8 Å². The number of anilines is 2. The SMILES string of the molecule is CN1C(=O)C(NC(=O)c2[nH]nc(NC(=O)c3ccccc3Cl)c2Cl)N=C(N2CC3CCC(C3)C2)c2ccccc21. The lowest BCUT2D eigenvalue weighted by Gasteiger charge is -2.34. The topological polar surface area (TPSA) is 123 Å². The fourth-order valence-corrected chi connectivity index (χ4v) is 6.25. The zero-order valence-electron chi connectivity index (χ0n) is 21.7. The van der Waals surface area contributed by atoms with Crippen molar-refractivity contribution in [2.45, 2.75) is 25.4 Å². The second kappa shape index (κ2) is 10.6. The van der Waals surface area contributed by atoms with Crippen molar-refractivity contribution in [2.75, 3.05) is 30.4 Å². The highest BCUT2D eigenvalue weighted by molar-refractivity contribution is 6.37. The second-order valence-electron chi connectivity index (χ2n) is 10.4. The van der Waals surface area contributed by atoms with Crippen LogP contribution in [-0.4, -0.2) is 65.0 Å². The van der Waals surface area contributed by atoms with Crippen LogP contribution in [0, 0.1) is 11.8 Å². The molecule has 40 heavy (non-hydrogen) atoms. The van der Waals surface area contributed by atoms with E-state index in [-0.39, 0.29) is 27.1 Å². The average molecular weight is 580 g/mol. The number of amides is 3. The molecule has 10 nitrogen and oxygen atoms in total. The molecule has 3 amide bonds. The first-order valence-electron chi connectivity index (χ1n) is 13.1. The Labute approximate surface area is 240 Å². The molecule has 1 saturated heterocycles. The molecule has 1 aliphatic carbocycles. The van der Waals surface area contributed by atoms with Crippen LogP contribution in [0.25, 0.3) is 0 Å². The zero-order chi connectivity index (χ0) is 28.0. The maximum atomic E-state index is 13.5. The van der Waals surface area contributed by atoms with Gasteiger partial charge in [0.1, 0.15) is 16.6 Å². The highest BCUT2D eigenvalue weighted by Gasteiger charge is 2.38. The number of likely N-dealkylation sites (tertiary alicyclic amines) is 1. The third kappa shape index (κ3) is 4.82. The molecule has 3 unspecified atom stereocenters. The lowest BCUT2D eigenvalue weighted by Crippen LogP contribution is -2.47. The summed E-state index contributed by atoms with van der Waals surface area (Å²) in [4.78, 5) is 48.1. The number of H-pyrrole nitrogens is 1. The van der Waals surface area contributed by atoms with Crippen molar-refractivity contribution in [3.63, 3.8) is 0 Å². The third-order valence-electron chi connectivity index (χ3n) is 7.78. The number of likely N-dealkylation sites (N-methyl/N-ethyl adjacent to an activating group) is 1. The van der Waals surface area contributed by atoms with Crippen LogP contribution in [0.3, 0.4) is 0 Å². The summed E-state index contributed by atoms with van der Waals surface area (Å²) in [6.45, 7) is 1.73. The van der Waals surface area contributed by atoms with Gasteiger partial charge in [-0.3, -0.25) is 19.5 Å².